The molecule has 0 saturated carbocycles. The zero-order valence-electron chi connectivity index (χ0n) is 10.3. The van der Waals surface area contributed by atoms with Gasteiger partial charge in [0.05, 0.1) is 8.68 Å². The lowest BCUT2D eigenvalue weighted by Crippen LogP contribution is -2.32. The fourth-order valence-corrected chi connectivity index (χ4v) is 5.29. The summed E-state index contributed by atoms with van der Waals surface area (Å²) in [6.45, 7) is 5.83. The highest BCUT2D eigenvalue weighted by molar-refractivity contribution is 9.11. The van der Waals surface area contributed by atoms with Gasteiger partial charge in [-0.1, -0.05) is 19.8 Å². The molecule has 17 heavy (non-hydrogen) atoms. The van der Waals surface area contributed by atoms with Crippen LogP contribution >= 0.6 is 27.3 Å². The van der Waals surface area contributed by atoms with Gasteiger partial charge in [0.2, 0.25) is 10.0 Å². The van der Waals surface area contributed by atoms with Crippen molar-refractivity contribution in [3.63, 3.8) is 0 Å². The highest BCUT2D eigenvalue weighted by atomic mass is 79.9. The normalized spacial score (nSPS) is 13.9. The zero-order chi connectivity index (χ0) is 13.1. The molecule has 6 heteroatoms. The van der Waals surface area contributed by atoms with Crippen LogP contribution in [-0.2, 0) is 10.0 Å². The van der Waals surface area contributed by atoms with E-state index in [2.05, 4.69) is 27.6 Å². The number of sulfonamides is 1. The van der Waals surface area contributed by atoms with Gasteiger partial charge < -0.3 is 0 Å². The van der Waals surface area contributed by atoms with E-state index in [9.17, 15) is 8.42 Å². The Morgan fingerprint density at radius 1 is 1.53 bits per heavy atom. The number of nitrogens with one attached hydrogen (secondary N) is 1. The summed E-state index contributed by atoms with van der Waals surface area (Å²) in [4.78, 5) is 1.20. The number of unbranched alkanes of at least 4 members (excludes halogenated alkanes) is 1. The van der Waals surface area contributed by atoms with E-state index in [-0.39, 0.29) is 6.04 Å². The predicted octanol–water partition coefficient (Wildman–Crippen LogP) is 3.68. The monoisotopic (exact) mass is 339 g/mol. The van der Waals surface area contributed by atoms with Crippen molar-refractivity contribution < 1.29 is 8.42 Å². The van der Waals surface area contributed by atoms with Crippen molar-refractivity contribution in [1.82, 2.24) is 4.72 Å². The molecule has 0 aromatic carbocycles. The van der Waals surface area contributed by atoms with E-state index in [1.807, 2.05) is 13.8 Å². The van der Waals surface area contributed by atoms with Crippen molar-refractivity contribution in [2.45, 2.75) is 51.0 Å². The number of halogens is 1. The highest BCUT2D eigenvalue weighted by Gasteiger charge is 2.21. The number of thiophene rings is 1. The molecular formula is C11H18BrNO2S2. The molecule has 0 radical (unpaired) electrons. The first kappa shape index (κ1) is 15.1. The van der Waals surface area contributed by atoms with Gasteiger partial charge in [0.25, 0.3) is 0 Å². The third-order valence-electron chi connectivity index (χ3n) is 2.48. The summed E-state index contributed by atoms with van der Waals surface area (Å²) >= 11 is 4.75. The van der Waals surface area contributed by atoms with E-state index in [1.54, 1.807) is 6.07 Å². The first-order valence-electron chi connectivity index (χ1n) is 5.65. The van der Waals surface area contributed by atoms with Crippen LogP contribution in [0.4, 0.5) is 0 Å². The zero-order valence-corrected chi connectivity index (χ0v) is 13.5. The number of aryl methyl sites for hydroxylation is 1. The van der Waals surface area contributed by atoms with Crippen LogP contribution in [0.5, 0.6) is 0 Å². The molecule has 0 aliphatic rings. The minimum atomic E-state index is -3.37. The lowest BCUT2D eigenvalue weighted by atomic mass is 10.2. The smallest absolute Gasteiger partial charge is 0.208 e. The Morgan fingerprint density at radius 2 is 2.18 bits per heavy atom. The summed E-state index contributed by atoms with van der Waals surface area (Å²) in [7, 11) is -3.37. The maximum Gasteiger partial charge on any atom is 0.241 e. The van der Waals surface area contributed by atoms with E-state index in [1.165, 1.54) is 11.3 Å². The summed E-state index contributed by atoms with van der Waals surface area (Å²) in [5, 5.41) is 0. The van der Waals surface area contributed by atoms with Crippen molar-refractivity contribution in [3.05, 3.63) is 14.7 Å². The lowest BCUT2D eigenvalue weighted by molar-refractivity contribution is 0.534. The van der Waals surface area contributed by atoms with E-state index in [0.29, 0.717) is 4.90 Å². The molecule has 1 aromatic heterocycles. The fourth-order valence-electron chi connectivity index (χ4n) is 1.60. The van der Waals surface area contributed by atoms with E-state index in [4.69, 9.17) is 0 Å². The topological polar surface area (TPSA) is 46.2 Å². The molecule has 1 rings (SSSR count). The van der Waals surface area contributed by atoms with Crippen LogP contribution in [0.3, 0.4) is 0 Å². The highest BCUT2D eigenvalue weighted by Crippen LogP contribution is 2.29. The molecule has 1 heterocycles. The summed E-state index contributed by atoms with van der Waals surface area (Å²) in [5.74, 6) is 0. The standard InChI is InChI=1S/C11H18BrNO2S2/c1-4-5-6-8(2)13-17(14,15)10-7-11(12)16-9(10)3/h7-8,13H,4-6H2,1-3H3. The van der Waals surface area contributed by atoms with Crippen molar-refractivity contribution in [2.24, 2.45) is 0 Å². The Hall–Kier alpha value is 0.0900. The van der Waals surface area contributed by atoms with Crippen molar-refractivity contribution >= 4 is 37.3 Å². The summed E-state index contributed by atoms with van der Waals surface area (Å²) in [6.07, 6.45) is 2.99. The second kappa shape index (κ2) is 6.31. The predicted molar refractivity (Wildman–Crippen MR) is 76.1 cm³/mol. The van der Waals surface area contributed by atoms with Crippen molar-refractivity contribution in [3.8, 4) is 0 Å². The Balaban J connectivity index is 2.79. The molecule has 1 atom stereocenters. The fraction of sp³-hybridized carbons (Fsp3) is 0.636. The number of rotatable bonds is 6. The van der Waals surface area contributed by atoms with E-state index in [0.717, 1.165) is 27.9 Å². The van der Waals surface area contributed by atoms with Gasteiger partial charge in [0.1, 0.15) is 0 Å². The third kappa shape index (κ3) is 4.35. The molecule has 0 saturated heterocycles. The van der Waals surface area contributed by atoms with Crippen LogP contribution in [0.1, 0.15) is 38.0 Å². The van der Waals surface area contributed by atoms with Gasteiger partial charge in [-0.25, -0.2) is 13.1 Å². The molecule has 0 bridgehead atoms. The maximum absolute atomic E-state index is 12.1. The second-order valence-corrected chi connectivity index (χ2v) is 8.45. The van der Waals surface area contributed by atoms with Crippen molar-refractivity contribution in [1.29, 1.82) is 0 Å². The lowest BCUT2D eigenvalue weighted by Gasteiger charge is -2.13. The largest absolute Gasteiger partial charge is 0.241 e. The minimum absolute atomic E-state index is 0.0157. The SMILES string of the molecule is CCCCC(C)NS(=O)(=O)c1cc(Br)sc1C. The van der Waals surface area contributed by atoms with Gasteiger partial charge in [-0.3, -0.25) is 0 Å². The summed E-state index contributed by atoms with van der Waals surface area (Å²) in [6, 6.07) is 1.65. The first-order chi connectivity index (χ1) is 7.86. The summed E-state index contributed by atoms with van der Waals surface area (Å²) in [5.41, 5.74) is 0. The molecular weight excluding hydrogens is 322 g/mol. The quantitative estimate of drug-likeness (QED) is 0.859. The number of hydrogen-bond acceptors (Lipinski definition) is 3. The maximum atomic E-state index is 12.1. The molecule has 0 amide bonds. The third-order valence-corrected chi connectivity index (χ3v) is 5.88. The molecule has 0 aliphatic carbocycles. The van der Waals surface area contributed by atoms with Gasteiger partial charge in [0.15, 0.2) is 0 Å². The average Bonchev–Trinajstić information content (AvgIpc) is 2.55. The van der Waals surface area contributed by atoms with Crippen LogP contribution in [0, 0.1) is 6.92 Å². The molecule has 1 unspecified atom stereocenters. The van der Waals surface area contributed by atoms with Crippen molar-refractivity contribution in [2.75, 3.05) is 0 Å². The van der Waals surface area contributed by atoms with Gasteiger partial charge in [-0.05, 0) is 42.3 Å². The van der Waals surface area contributed by atoms with Gasteiger partial charge in [0, 0.05) is 10.9 Å². The Morgan fingerprint density at radius 3 is 2.65 bits per heavy atom. The molecule has 0 spiro atoms. The average molecular weight is 340 g/mol. The molecule has 3 nitrogen and oxygen atoms in total. The molecule has 1 aromatic rings. The van der Waals surface area contributed by atoms with Gasteiger partial charge in [-0.15, -0.1) is 11.3 Å². The Kier molecular flexibility index (Phi) is 5.63. The van der Waals surface area contributed by atoms with Crippen LogP contribution in [0.2, 0.25) is 0 Å². The second-order valence-electron chi connectivity index (χ2n) is 4.14. The van der Waals surface area contributed by atoms with Gasteiger partial charge in [-0.2, -0.15) is 0 Å². The molecule has 1 N–H and O–H groups in total. The van der Waals surface area contributed by atoms with E-state index >= 15 is 0 Å². The Labute approximate surface area is 116 Å². The summed E-state index contributed by atoms with van der Waals surface area (Å²) < 4.78 is 27.8. The van der Waals surface area contributed by atoms with Crippen LogP contribution in [0.15, 0.2) is 14.7 Å². The van der Waals surface area contributed by atoms with E-state index < -0.39 is 10.0 Å². The molecule has 0 aliphatic heterocycles. The van der Waals surface area contributed by atoms with Gasteiger partial charge >= 0.3 is 0 Å². The van der Waals surface area contributed by atoms with Crippen LogP contribution < -0.4 is 4.72 Å². The molecule has 98 valence electrons. The number of hydrogen-bond donors (Lipinski definition) is 1. The molecule has 0 fully saturated rings. The Bertz CT molecular complexity index is 468. The van der Waals surface area contributed by atoms with Crippen LogP contribution in [0.25, 0.3) is 0 Å². The van der Waals surface area contributed by atoms with Crippen LogP contribution in [-0.4, -0.2) is 14.5 Å². The first-order valence-corrected chi connectivity index (χ1v) is 8.74. The minimum Gasteiger partial charge on any atom is -0.208 e.